The van der Waals surface area contributed by atoms with Crippen LogP contribution in [0.5, 0.6) is 0 Å². The number of aromatic nitrogens is 2. The molecule has 1 N–H and O–H groups in total. The van der Waals surface area contributed by atoms with Crippen LogP contribution >= 0.6 is 0 Å². The molecule has 3 heteroatoms. The monoisotopic (exact) mass is 224 g/mol. The molecular formula is C13H24N2O. The maximum absolute atomic E-state index is 11.7. The van der Waals surface area contributed by atoms with Crippen molar-refractivity contribution in [3.05, 3.63) is 22.4 Å². The first kappa shape index (κ1) is 13.1. The molecular weight excluding hydrogens is 200 g/mol. The fraction of sp³-hybridized carbons (Fsp3) is 0.769. The molecule has 0 unspecified atom stereocenters. The molecule has 1 rings (SSSR count). The largest absolute Gasteiger partial charge is 0.325 e. The zero-order valence-corrected chi connectivity index (χ0v) is 10.8. The maximum Gasteiger partial charge on any atom is 0.325 e. The van der Waals surface area contributed by atoms with Gasteiger partial charge in [-0.2, -0.15) is 0 Å². The predicted octanol–water partition coefficient (Wildman–Crippen LogP) is 2.96. The second-order valence-electron chi connectivity index (χ2n) is 4.52. The second kappa shape index (κ2) is 6.56. The van der Waals surface area contributed by atoms with Crippen molar-refractivity contribution in [3.8, 4) is 0 Å². The van der Waals surface area contributed by atoms with Crippen molar-refractivity contribution >= 4 is 0 Å². The molecule has 0 spiro atoms. The molecule has 16 heavy (non-hydrogen) atoms. The lowest BCUT2D eigenvalue weighted by atomic mass is 10.0. The van der Waals surface area contributed by atoms with Gasteiger partial charge in [0.1, 0.15) is 0 Å². The Morgan fingerprint density at radius 3 is 2.56 bits per heavy atom. The molecule has 1 aromatic heterocycles. The summed E-state index contributed by atoms with van der Waals surface area (Å²) in [5.74, 6) is 0.618. The molecule has 0 fully saturated rings. The quantitative estimate of drug-likeness (QED) is 0.759. The summed E-state index contributed by atoms with van der Waals surface area (Å²) in [6.07, 6.45) is 7.57. The van der Waals surface area contributed by atoms with E-state index >= 15 is 0 Å². The Labute approximate surface area is 97.9 Å². The van der Waals surface area contributed by atoms with Gasteiger partial charge in [0, 0.05) is 18.4 Å². The molecule has 0 bridgehead atoms. The first-order valence-electron chi connectivity index (χ1n) is 6.49. The van der Waals surface area contributed by atoms with Crippen molar-refractivity contribution in [2.75, 3.05) is 0 Å². The van der Waals surface area contributed by atoms with E-state index in [1.807, 2.05) is 10.8 Å². The van der Waals surface area contributed by atoms with Crippen molar-refractivity contribution in [3.63, 3.8) is 0 Å². The number of nitrogens with zero attached hydrogens (tertiary/aromatic N) is 1. The van der Waals surface area contributed by atoms with Gasteiger partial charge in [-0.25, -0.2) is 4.79 Å². The van der Waals surface area contributed by atoms with E-state index in [1.54, 1.807) is 0 Å². The van der Waals surface area contributed by atoms with Crippen LogP contribution in [0.25, 0.3) is 0 Å². The summed E-state index contributed by atoms with van der Waals surface area (Å²) in [7, 11) is 0. The van der Waals surface area contributed by atoms with Crippen LogP contribution in [-0.2, 0) is 13.0 Å². The van der Waals surface area contributed by atoms with Gasteiger partial charge in [-0.3, -0.25) is 4.57 Å². The van der Waals surface area contributed by atoms with Gasteiger partial charge in [0.15, 0.2) is 0 Å². The standard InChI is InChI=1S/C13H24N2O/c1-4-7-8-12-10-15(13(16)14-12)9-11(5-2)6-3/h10-11H,4-9H2,1-3H3,(H,14,16). The van der Waals surface area contributed by atoms with Crippen molar-refractivity contribution < 1.29 is 0 Å². The fourth-order valence-corrected chi connectivity index (χ4v) is 1.94. The van der Waals surface area contributed by atoms with Gasteiger partial charge in [0.2, 0.25) is 0 Å². The molecule has 0 amide bonds. The van der Waals surface area contributed by atoms with Crippen molar-refractivity contribution in [1.29, 1.82) is 0 Å². The molecule has 0 aliphatic carbocycles. The smallest absolute Gasteiger partial charge is 0.310 e. The topological polar surface area (TPSA) is 37.8 Å². The summed E-state index contributed by atoms with van der Waals surface area (Å²) < 4.78 is 1.84. The number of aromatic amines is 1. The van der Waals surface area contributed by atoms with E-state index < -0.39 is 0 Å². The summed E-state index contributed by atoms with van der Waals surface area (Å²) in [4.78, 5) is 14.6. The van der Waals surface area contributed by atoms with Crippen LogP contribution in [0.3, 0.4) is 0 Å². The fourth-order valence-electron chi connectivity index (χ4n) is 1.94. The lowest BCUT2D eigenvalue weighted by Gasteiger charge is -2.11. The highest BCUT2D eigenvalue weighted by Gasteiger charge is 2.08. The minimum absolute atomic E-state index is 0.0537. The minimum atomic E-state index is 0.0537. The third-order valence-electron chi connectivity index (χ3n) is 3.25. The van der Waals surface area contributed by atoms with Crippen LogP contribution < -0.4 is 5.69 Å². The average molecular weight is 224 g/mol. The molecule has 0 radical (unpaired) electrons. The van der Waals surface area contributed by atoms with E-state index in [9.17, 15) is 4.79 Å². The number of H-pyrrole nitrogens is 1. The number of hydrogen-bond donors (Lipinski definition) is 1. The van der Waals surface area contributed by atoms with E-state index in [1.165, 1.54) is 6.42 Å². The van der Waals surface area contributed by atoms with Crippen LogP contribution in [-0.4, -0.2) is 9.55 Å². The Balaban J connectivity index is 2.66. The summed E-state index contributed by atoms with van der Waals surface area (Å²) in [6, 6.07) is 0. The van der Waals surface area contributed by atoms with E-state index in [0.717, 1.165) is 37.9 Å². The Morgan fingerprint density at radius 2 is 2.00 bits per heavy atom. The first-order valence-corrected chi connectivity index (χ1v) is 6.49. The Bertz CT molecular complexity index is 347. The number of imidazole rings is 1. The van der Waals surface area contributed by atoms with E-state index in [-0.39, 0.29) is 5.69 Å². The number of rotatable bonds is 7. The average Bonchev–Trinajstić information content (AvgIpc) is 2.64. The second-order valence-corrected chi connectivity index (χ2v) is 4.52. The number of hydrogen-bond acceptors (Lipinski definition) is 1. The summed E-state index contributed by atoms with van der Waals surface area (Å²) in [5, 5.41) is 0. The van der Waals surface area contributed by atoms with Gasteiger partial charge < -0.3 is 4.98 Å². The third-order valence-corrected chi connectivity index (χ3v) is 3.25. The number of unbranched alkanes of at least 4 members (excludes halogenated alkanes) is 1. The first-order chi connectivity index (χ1) is 7.71. The van der Waals surface area contributed by atoms with Crippen molar-refractivity contribution in [2.45, 2.75) is 59.4 Å². The Morgan fingerprint density at radius 1 is 1.31 bits per heavy atom. The molecule has 0 aromatic carbocycles. The zero-order valence-electron chi connectivity index (χ0n) is 10.8. The Hall–Kier alpha value is -0.990. The van der Waals surface area contributed by atoms with Crippen LogP contribution in [0.15, 0.2) is 11.0 Å². The molecule has 0 atom stereocenters. The van der Waals surface area contributed by atoms with E-state index in [0.29, 0.717) is 5.92 Å². The van der Waals surface area contributed by atoms with Gasteiger partial charge >= 0.3 is 5.69 Å². The highest BCUT2D eigenvalue weighted by atomic mass is 16.1. The summed E-state index contributed by atoms with van der Waals surface area (Å²) in [5.41, 5.74) is 1.14. The van der Waals surface area contributed by atoms with Crippen LogP contribution in [0.4, 0.5) is 0 Å². The highest BCUT2D eigenvalue weighted by molar-refractivity contribution is 4.97. The Kier molecular flexibility index (Phi) is 5.36. The van der Waals surface area contributed by atoms with Gasteiger partial charge in [-0.05, 0) is 18.8 Å². The van der Waals surface area contributed by atoms with Crippen LogP contribution in [0.1, 0.15) is 52.1 Å². The van der Waals surface area contributed by atoms with Crippen molar-refractivity contribution in [1.82, 2.24) is 9.55 Å². The molecule has 0 aliphatic heterocycles. The molecule has 1 heterocycles. The number of nitrogens with one attached hydrogen (secondary N) is 1. The lowest BCUT2D eigenvalue weighted by Crippen LogP contribution is -2.20. The van der Waals surface area contributed by atoms with E-state index in [4.69, 9.17) is 0 Å². The molecule has 0 saturated heterocycles. The SMILES string of the molecule is CCCCc1cn(CC(CC)CC)c(=O)[nH]1. The van der Waals surface area contributed by atoms with Gasteiger partial charge in [-0.1, -0.05) is 40.0 Å². The molecule has 0 aliphatic rings. The summed E-state index contributed by atoms with van der Waals surface area (Å²) >= 11 is 0. The predicted molar refractivity (Wildman–Crippen MR) is 67.7 cm³/mol. The van der Waals surface area contributed by atoms with Crippen LogP contribution in [0, 0.1) is 5.92 Å². The highest BCUT2D eigenvalue weighted by Crippen LogP contribution is 2.10. The zero-order chi connectivity index (χ0) is 12.0. The van der Waals surface area contributed by atoms with Crippen LogP contribution in [0.2, 0.25) is 0 Å². The normalized spacial score (nSPS) is 11.2. The van der Waals surface area contributed by atoms with Crippen molar-refractivity contribution in [2.24, 2.45) is 5.92 Å². The molecule has 92 valence electrons. The lowest BCUT2D eigenvalue weighted by molar-refractivity contribution is 0.412. The summed E-state index contributed by atoms with van der Waals surface area (Å²) in [6.45, 7) is 7.39. The third kappa shape index (κ3) is 3.54. The molecule has 3 nitrogen and oxygen atoms in total. The van der Waals surface area contributed by atoms with Gasteiger partial charge in [-0.15, -0.1) is 0 Å². The maximum atomic E-state index is 11.7. The molecule has 1 aromatic rings. The molecule has 0 saturated carbocycles. The van der Waals surface area contributed by atoms with Gasteiger partial charge in [0.25, 0.3) is 0 Å². The van der Waals surface area contributed by atoms with E-state index in [2.05, 4.69) is 25.8 Å². The minimum Gasteiger partial charge on any atom is -0.310 e. The van der Waals surface area contributed by atoms with Gasteiger partial charge in [0.05, 0.1) is 0 Å². The number of aryl methyl sites for hydroxylation is 1.